The van der Waals surface area contributed by atoms with Crippen LogP contribution in [0, 0.1) is 13.8 Å². The number of pyridine rings is 1. The number of nitrogens with zero attached hydrogens (tertiary/aromatic N) is 2. The Hall–Kier alpha value is -2.85. The number of aryl methyl sites for hydroxylation is 3. The van der Waals surface area contributed by atoms with E-state index < -0.39 is 0 Å². The monoisotopic (exact) mass is 402 g/mol. The van der Waals surface area contributed by atoms with E-state index in [1.165, 1.54) is 27.9 Å². The minimum absolute atomic E-state index is 0.141. The first kappa shape index (κ1) is 20.4. The molecule has 4 rings (SSSR count). The Morgan fingerprint density at radius 2 is 1.97 bits per heavy atom. The summed E-state index contributed by atoms with van der Waals surface area (Å²) in [7, 11) is 0. The molecule has 1 N–H and O–H groups in total. The van der Waals surface area contributed by atoms with Crippen LogP contribution in [0.2, 0.25) is 0 Å². The van der Waals surface area contributed by atoms with E-state index in [2.05, 4.69) is 59.3 Å². The summed E-state index contributed by atoms with van der Waals surface area (Å²) in [6.07, 6.45) is 4.61. The lowest BCUT2D eigenvalue weighted by Gasteiger charge is -2.23. The minimum atomic E-state index is 0.141. The van der Waals surface area contributed by atoms with Crippen molar-refractivity contribution < 1.29 is 9.84 Å². The Labute approximate surface area is 179 Å². The maximum atomic E-state index is 9.40. The number of anilines is 1. The summed E-state index contributed by atoms with van der Waals surface area (Å²) in [5.74, 6) is 0.697. The van der Waals surface area contributed by atoms with Gasteiger partial charge in [0.05, 0.1) is 6.54 Å². The number of benzene rings is 2. The summed E-state index contributed by atoms with van der Waals surface area (Å²) < 4.78 is 6.12. The second-order valence-corrected chi connectivity index (χ2v) is 8.13. The predicted molar refractivity (Wildman–Crippen MR) is 122 cm³/mol. The van der Waals surface area contributed by atoms with E-state index in [1.54, 1.807) is 0 Å². The topological polar surface area (TPSA) is 45.6 Å². The first-order valence-corrected chi connectivity index (χ1v) is 10.8. The second kappa shape index (κ2) is 9.31. The summed E-state index contributed by atoms with van der Waals surface area (Å²) in [6, 6.07) is 19.2. The van der Waals surface area contributed by atoms with Gasteiger partial charge in [-0.25, -0.2) is 4.98 Å². The van der Waals surface area contributed by atoms with Crippen LogP contribution in [-0.2, 0) is 6.42 Å². The number of hydrogen-bond donors (Lipinski definition) is 1. The molecule has 1 saturated heterocycles. The Morgan fingerprint density at radius 3 is 2.73 bits per heavy atom. The molecule has 0 spiro atoms. The second-order valence-electron chi connectivity index (χ2n) is 8.13. The molecule has 0 unspecified atom stereocenters. The van der Waals surface area contributed by atoms with Crippen LogP contribution in [0.25, 0.3) is 11.1 Å². The molecule has 1 atom stereocenters. The number of aliphatic hydroxyl groups is 1. The molecule has 4 heteroatoms. The van der Waals surface area contributed by atoms with Gasteiger partial charge >= 0.3 is 0 Å². The third-order valence-corrected chi connectivity index (χ3v) is 5.80. The molecule has 0 saturated carbocycles. The predicted octanol–water partition coefficient (Wildman–Crippen LogP) is 4.95. The summed E-state index contributed by atoms with van der Waals surface area (Å²) in [6.45, 7) is 6.21. The van der Waals surface area contributed by atoms with Crippen molar-refractivity contribution in [3.63, 3.8) is 0 Å². The molecule has 1 aromatic heterocycles. The van der Waals surface area contributed by atoms with Crippen molar-refractivity contribution in [3.8, 4) is 17.0 Å². The molecule has 1 fully saturated rings. The van der Waals surface area contributed by atoms with Gasteiger partial charge in [-0.15, -0.1) is 0 Å². The van der Waals surface area contributed by atoms with E-state index in [0.717, 1.165) is 37.9 Å². The third kappa shape index (κ3) is 4.65. The average molecular weight is 403 g/mol. The minimum Gasteiger partial charge on any atom is -0.472 e. The molecular formula is C26H30N2O2. The molecule has 0 amide bonds. The zero-order chi connectivity index (χ0) is 20.9. The van der Waals surface area contributed by atoms with Crippen molar-refractivity contribution >= 4 is 5.69 Å². The van der Waals surface area contributed by atoms with E-state index in [-0.39, 0.29) is 12.7 Å². The van der Waals surface area contributed by atoms with Gasteiger partial charge in [0.15, 0.2) is 0 Å². The van der Waals surface area contributed by atoms with Gasteiger partial charge in [0.2, 0.25) is 5.88 Å². The van der Waals surface area contributed by atoms with Crippen LogP contribution in [0.15, 0.2) is 60.8 Å². The van der Waals surface area contributed by atoms with Crippen molar-refractivity contribution in [3.05, 3.63) is 77.5 Å². The number of ether oxygens (including phenoxy) is 1. The van der Waals surface area contributed by atoms with Gasteiger partial charge in [0.25, 0.3) is 0 Å². The van der Waals surface area contributed by atoms with Gasteiger partial charge in [-0.3, -0.25) is 0 Å². The van der Waals surface area contributed by atoms with Gasteiger partial charge in [-0.2, -0.15) is 0 Å². The van der Waals surface area contributed by atoms with E-state index in [4.69, 9.17) is 4.74 Å². The number of rotatable bonds is 7. The summed E-state index contributed by atoms with van der Waals surface area (Å²) in [4.78, 5) is 6.79. The Balaban J connectivity index is 1.54. The fourth-order valence-electron chi connectivity index (χ4n) is 4.17. The molecule has 2 heterocycles. The molecule has 1 aliphatic heterocycles. The van der Waals surface area contributed by atoms with Crippen LogP contribution >= 0.6 is 0 Å². The average Bonchev–Trinajstić information content (AvgIpc) is 3.22. The smallest absolute Gasteiger partial charge is 0.213 e. The Bertz CT molecular complexity index is 985. The lowest BCUT2D eigenvalue weighted by Crippen LogP contribution is -2.25. The van der Waals surface area contributed by atoms with E-state index >= 15 is 0 Å². The van der Waals surface area contributed by atoms with E-state index in [0.29, 0.717) is 5.88 Å². The largest absolute Gasteiger partial charge is 0.472 e. The van der Waals surface area contributed by atoms with Crippen molar-refractivity contribution in [2.75, 3.05) is 24.6 Å². The molecule has 0 bridgehead atoms. The molecule has 4 nitrogen and oxygen atoms in total. The zero-order valence-corrected chi connectivity index (χ0v) is 17.8. The molecule has 30 heavy (non-hydrogen) atoms. The van der Waals surface area contributed by atoms with E-state index in [9.17, 15) is 5.11 Å². The molecule has 0 aliphatic carbocycles. The lowest BCUT2D eigenvalue weighted by molar-refractivity contribution is 0.216. The van der Waals surface area contributed by atoms with Gasteiger partial charge < -0.3 is 14.7 Å². The summed E-state index contributed by atoms with van der Waals surface area (Å²) in [5, 5.41) is 9.40. The van der Waals surface area contributed by atoms with Crippen LogP contribution in [-0.4, -0.2) is 35.9 Å². The highest BCUT2D eigenvalue weighted by Crippen LogP contribution is 2.32. The lowest BCUT2D eigenvalue weighted by atomic mass is 9.96. The highest BCUT2D eigenvalue weighted by atomic mass is 16.5. The SMILES string of the molecule is Cc1ccc(O[C@H]2CCN(c3ccc(-c4ccccc4C)cc3CCCO)C2)nc1. The van der Waals surface area contributed by atoms with Crippen molar-refractivity contribution in [2.45, 2.75) is 39.2 Å². The highest BCUT2D eigenvalue weighted by Gasteiger charge is 2.26. The first-order valence-electron chi connectivity index (χ1n) is 10.8. The number of hydrogen-bond acceptors (Lipinski definition) is 4. The standard InChI is InChI=1S/C26H30N2O2/c1-19-9-12-26(27-17-19)30-23-13-14-28(18-23)25-11-10-21(16-22(25)7-5-15-29)24-8-4-3-6-20(24)2/h3-4,6,8-12,16-17,23,29H,5,7,13-15,18H2,1-2H3/t23-/m0/s1. The molecule has 1 aliphatic rings. The third-order valence-electron chi connectivity index (χ3n) is 5.80. The van der Waals surface area contributed by atoms with Crippen LogP contribution in [0.3, 0.4) is 0 Å². The number of aliphatic hydroxyl groups excluding tert-OH is 1. The van der Waals surface area contributed by atoms with Gasteiger partial charge in [-0.05, 0) is 66.6 Å². The molecule has 3 aromatic rings. The van der Waals surface area contributed by atoms with Crippen molar-refractivity contribution in [1.29, 1.82) is 0 Å². The summed E-state index contributed by atoms with van der Waals surface area (Å²) >= 11 is 0. The summed E-state index contributed by atoms with van der Waals surface area (Å²) in [5.41, 5.74) is 7.46. The maximum Gasteiger partial charge on any atom is 0.213 e. The van der Waals surface area contributed by atoms with Crippen molar-refractivity contribution in [1.82, 2.24) is 4.98 Å². The fraction of sp³-hybridized carbons (Fsp3) is 0.346. The quantitative estimate of drug-likeness (QED) is 0.607. The Morgan fingerprint density at radius 1 is 1.10 bits per heavy atom. The van der Waals surface area contributed by atoms with Gasteiger partial charge in [-0.1, -0.05) is 36.4 Å². The maximum absolute atomic E-state index is 9.40. The van der Waals surface area contributed by atoms with Crippen LogP contribution < -0.4 is 9.64 Å². The molecule has 2 aromatic carbocycles. The van der Waals surface area contributed by atoms with Crippen LogP contribution in [0.4, 0.5) is 5.69 Å². The molecular weight excluding hydrogens is 372 g/mol. The fourth-order valence-corrected chi connectivity index (χ4v) is 4.17. The first-order chi connectivity index (χ1) is 14.6. The van der Waals surface area contributed by atoms with Crippen LogP contribution in [0.5, 0.6) is 5.88 Å². The van der Waals surface area contributed by atoms with Crippen molar-refractivity contribution in [2.24, 2.45) is 0 Å². The Kier molecular flexibility index (Phi) is 6.34. The van der Waals surface area contributed by atoms with Crippen LogP contribution in [0.1, 0.15) is 29.5 Å². The molecule has 156 valence electrons. The zero-order valence-electron chi connectivity index (χ0n) is 17.8. The van der Waals surface area contributed by atoms with Gasteiger partial charge in [0.1, 0.15) is 6.10 Å². The molecule has 0 radical (unpaired) electrons. The number of aromatic nitrogens is 1. The normalized spacial score (nSPS) is 16.1. The highest BCUT2D eigenvalue weighted by molar-refractivity contribution is 5.71. The van der Waals surface area contributed by atoms with E-state index in [1.807, 2.05) is 25.3 Å². The van der Waals surface area contributed by atoms with Gasteiger partial charge in [0, 0.05) is 37.5 Å².